The highest BCUT2D eigenvalue weighted by atomic mass is 32.2. The molecule has 1 saturated carbocycles. The van der Waals surface area contributed by atoms with Crippen LogP contribution in [-0.2, 0) is 10.8 Å². The Morgan fingerprint density at radius 1 is 1.32 bits per heavy atom. The summed E-state index contributed by atoms with van der Waals surface area (Å²) in [7, 11) is -0.700. The summed E-state index contributed by atoms with van der Waals surface area (Å²) in [6.45, 7) is 1.63. The van der Waals surface area contributed by atoms with Gasteiger partial charge in [0.2, 0.25) is 0 Å². The smallest absolute Gasteiger partial charge is 0.120 e. The van der Waals surface area contributed by atoms with Crippen LogP contribution in [0.5, 0.6) is 5.75 Å². The number of hydrogen-bond acceptors (Lipinski definition) is 6. The molecule has 0 aromatic heterocycles. The second kappa shape index (κ2) is 6.95. The number of nitrogens with two attached hydrogens (primary N) is 1. The van der Waals surface area contributed by atoms with Crippen molar-refractivity contribution in [3.05, 3.63) is 47.3 Å². The number of allylic oxidation sites excluding steroid dienone is 2. The first-order valence-electron chi connectivity index (χ1n) is 9.99. The van der Waals surface area contributed by atoms with Gasteiger partial charge in [0.25, 0.3) is 0 Å². The van der Waals surface area contributed by atoms with E-state index in [9.17, 15) is 4.21 Å². The number of anilines is 1. The Bertz CT molecular complexity index is 906. The number of dihydropyridines is 1. The van der Waals surface area contributed by atoms with Gasteiger partial charge < -0.3 is 20.7 Å². The zero-order valence-corrected chi connectivity index (χ0v) is 16.6. The van der Waals surface area contributed by atoms with E-state index >= 15 is 0 Å². The van der Waals surface area contributed by atoms with Crippen molar-refractivity contribution in [1.29, 1.82) is 5.41 Å². The van der Waals surface area contributed by atoms with E-state index in [-0.39, 0.29) is 0 Å². The van der Waals surface area contributed by atoms with Crippen molar-refractivity contribution in [2.24, 2.45) is 5.92 Å². The molecule has 2 saturated heterocycles. The molecule has 2 bridgehead atoms. The first kappa shape index (κ1) is 17.8. The van der Waals surface area contributed by atoms with Gasteiger partial charge in [-0.1, -0.05) is 6.08 Å². The fourth-order valence-corrected chi connectivity index (χ4v) is 6.02. The van der Waals surface area contributed by atoms with Gasteiger partial charge in [-0.15, -0.1) is 0 Å². The number of rotatable bonds is 5. The van der Waals surface area contributed by atoms with Crippen molar-refractivity contribution in [3.63, 3.8) is 0 Å². The van der Waals surface area contributed by atoms with Crippen LogP contribution in [0.4, 0.5) is 5.69 Å². The van der Waals surface area contributed by atoms with E-state index in [1.54, 1.807) is 0 Å². The monoisotopic (exact) mass is 398 g/mol. The van der Waals surface area contributed by atoms with E-state index in [1.807, 2.05) is 30.4 Å². The van der Waals surface area contributed by atoms with E-state index in [1.165, 1.54) is 0 Å². The molecule has 148 valence electrons. The lowest BCUT2D eigenvalue weighted by Crippen LogP contribution is -2.39. The molecule has 1 aromatic rings. The topological polar surface area (TPSA) is 91.4 Å². The van der Waals surface area contributed by atoms with Crippen molar-refractivity contribution in [2.75, 3.05) is 30.3 Å². The van der Waals surface area contributed by atoms with Gasteiger partial charge in [0, 0.05) is 58.3 Å². The van der Waals surface area contributed by atoms with Gasteiger partial charge in [-0.3, -0.25) is 9.62 Å². The lowest BCUT2D eigenvalue weighted by molar-refractivity contribution is 0.303. The molecule has 5 rings (SSSR count). The average molecular weight is 399 g/mol. The van der Waals surface area contributed by atoms with Crippen LogP contribution in [0.25, 0.3) is 0 Å². The predicted octanol–water partition coefficient (Wildman–Crippen LogP) is 2.00. The van der Waals surface area contributed by atoms with E-state index in [0.29, 0.717) is 41.6 Å². The van der Waals surface area contributed by atoms with Crippen LogP contribution in [0.1, 0.15) is 24.8 Å². The van der Waals surface area contributed by atoms with Gasteiger partial charge in [0.05, 0.1) is 11.8 Å². The molecule has 1 aliphatic carbocycles. The molecule has 3 fully saturated rings. The van der Waals surface area contributed by atoms with Gasteiger partial charge in [0.1, 0.15) is 11.6 Å². The Hall–Kier alpha value is -2.28. The van der Waals surface area contributed by atoms with Crippen LogP contribution >= 0.6 is 0 Å². The number of fused-ring (bicyclic) bond motifs is 2. The van der Waals surface area contributed by atoms with Crippen LogP contribution in [0.2, 0.25) is 0 Å². The SMILES string of the molecule is N=C(C1=CCNC(N2CC3CC2CS(=O)C3)=C1)c1cc(OC2CC2)ccc1N. The normalized spacial score (nSPS) is 29.0. The number of nitrogen functional groups attached to an aromatic ring is 1. The molecule has 4 N–H and O–H groups in total. The number of nitrogens with zero attached hydrogens (tertiary/aromatic N) is 1. The summed E-state index contributed by atoms with van der Waals surface area (Å²) in [4.78, 5) is 2.35. The fraction of sp³-hybridized carbons (Fsp3) is 0.476. The first-order valence-corrected chi connectivity index (χ1v) is 11.5. The lowest BCUT2D eigenvalue weighted by atomic mass is 9.98. The third-order valence-corrected chi connectivity index (χ3v) is 7.52. The second-order valence-corrected chi connectivity index (χ2v) is 9.74. The largest absolute Gasteiger partial charge is 0.490 e. The maximum absolute atomic E-state index is 12.0. The number of benzene rings is 1. The summed E-state index contributed by atoms with van der Waals surface area (Å²) >= 11 is 0. The molecule has 1 aromatic carbocycles. The number of nitrogens with one attached hydrogen (secondary N) is 2. The molecule has 4 aliphatic rings. The zero-order valence-electron chi connectivity index (χ0n) is 15.8. The second-order valence-electron chi connectivity index (χ2n) is 8.19. The highest BCUT2D eigenvalue weighted by Crippen LogP contribution is 2.33. The van der Waals surface area contributed by atoms with E-state index in [2.05, 4.69) is 10.2 Å². The summed E-state index contributed by atoms with van der Waals surface area (Å²) < 4.78 is 17.9. The van der Waals surface area contributed by atoms with Crippen LogP contribution in [0, 0.1) is 11.3 Å². The molecule has 3 atom stereocenters. The Labute approximate surface area is 167 Å². The standard InChI is InChI=1S/C21H26N4O2S/c22-19-4-3-17(27-16-1-2-16)9-18(19)21(23)14-5-6-24-20(8-14)25-10-13-7-15(25)12-28(26)11-13/h3-5,8-9,13,15-16,23-24H,1-2,6-7,10-12,22H2. The molecular weight excluding hydrogens is 372 g/mol. The van der Waals surface area contributed by atoms with Crippen LogP contribution in [0.3, 0.4) is 0 Å². The van der Waals surface area contributed by atoms with E-state index in [4.69, 9.17) is 15.9 Å². The van der Waals surface area contributed by atoms with Crippen LogP contribution in [0.15, 0.2) is 41.7 Å². The Balaban J connectivity index is 1.38. The van der Waals surface area contributed by atoms with Crippen molar-refractivity contribution >= 4 is 22.2 Å². The molecule has 3 aliphatic heterocycles. The highest BCUT2D eigenvalue weighted by Gasteiger charge is 2.39. The molecular formula is C21H26N4O2S. The minimum atomic E-state index is -0.700. The van der Waals surface area contributed by atoms with Crippen molar-refractivity contribution in [3.8, 4) is 5.75 Å². The Morgan fingerprint density at radius 2 is 2.18 bits per heavy atom. The minimum Gasteiger partial charge on any atom is -0.490 e. The minimum absolute atomic E-state index is 0.315. The Kier molecular flexibility index (Phi) is 4.42. The molecule has 28 heavy (non-hydrogen) atoms. The van der Waals surface area contributed by atoms with Crippen molar-refractivity contribution in [1.82, 2.24) is 10.2 Å². The molecule has 0 radical (unpaired) electrons. The quantitative estimate of drug-likeness (QED) is 0.521. The summed E-state index contributed by atoms with van der Waals surface area (Å²) in [6, 6.07) is 5.94. The predicted molar refractivity (Wildman–Crippen MR) is 112 cm³/mol. The number of likely N-dealkylation sites (tertiary alicyclic amines) is 1. The maximum atomic E-state index is 12.0. The van der Waals surface area contributed by atoms with Gasteiger partial charge in [-0.25, -0.2) is 0 Å². The van der Waals surface area contributed by atoms with Crippen LogP contribution in [-0.4, -0.2) is 51.6 Å². The Morgan fingerprint density at radius 3 is 3.00 bits per heavy atom. The van der Waals surface area contributed by atoms with Gasteiger partial charge in [-0.2, -0.15) is 0 Å². The number of hydrogen-bond donors (Lipinski definition) is 3. The third-order valence-electron chi connectivity index (χ3n) is 5.92. The molecule has 3 unspecified atom stereocenters. The molecule has 6 nitrogen and oxygen atoms in total. The molecule has 7 heteroatoms. The maximum Gasteiger partial charge on any atom is 0.120 e. The number of ether oxygens (including phenoxy) is 1. The van der Waals surface area contributed by atoms with Gasteiger partial charge in [-0.05, 0) is 49.5 Å². The summed E-state index contributed by atoms with van der Waals surface area (Å²) in [5.74, 6) is 3.91. The molecule has 3 heterocycles. The molecule has 0 spiro atoms. The van der Waals surface area contributed by atoms with E-state index in [0.717, 1.165) is 54.5 Å². The lowest BCUT2D eigenvalue weighted by Gasteiger charge is -2.31. The zero-order chi connectivity index (χ0) is 19.3. The summed E-state index contributed by atoms with van der Waals surface area (Å²) in [5.41, 5.74) is 8.77. The summed E-state index contributed by atoms with van der Waals surface area (Å²) in [6.07, 6.45) is 7.71. The van der Waals surface area contributed by atoms with Crippen molar-refractivity contribution in [2.45, 2.75) is 31.4 Å². The van der Waals surface area contributed by atoms with E-state index < -0.39 is 10.8 Å². The summed E-state index contributed by atoms with van der Waals surface area (Å²) in [5, 5.41) is 12.2. The first-order chi connectivity index (χ1) is 13.6. The van der Waals surface area contributed by atoms with Gasteiger partial charge >= 0.3 is 0 Å². The third kappa shape index (κ3) is 3.43. The average Bonchev–Trinajstić information content (AvgIpc) is 3.45. The van der Waals surface area contributed by atoms with Crippen LogP contribution < -0.4 is 15.8 Å². The fourth-order valence-electron chi connectivity index (χ4n) is 4.37. The van der Waals surface area contributed by atoms with Crippen molar-refractivity contribution < 1.29 is 8.95 Å². The van der Waals surface area contributed by atoms with Gasteiger partial charge in [0.15, 0.2) is 0 Å². The highest BCUT2D eigenvalue weighted by molar-refractivity contribution is 7.85. The molecule has 0 amide bonds.